The van der Waals surface area contributed by atoms with Gasteiger partial charge in [0.05, 0.1) is 11.6 Å². The van der Waals surface area contributed by atoms with Crippen LogP contribution in [0.15, 0.2) is 43.1 Å². The highest BCUT2D eigenvalue weighted by molar-refractivity contribution is 6.09. The van der Waals surface area contributed by atoms with E-state index in [0.717, 1.165) is 41.5 Å². The van der Waals surface area contributed by atoms with Gasteiger partial charge in [-0.2, -0.15) is 0 Å². The first-order valence-electron chi connectivity index (χ1n) is 8.43. The molecule has 0 amide bonds. The Morgan fingerprint density at radius 1 is 1.39 bits per heavy atom. The molecule has 2 bridgehead atoms. The standard InChI is InChI=1S/C20H22N2O/c1-3-14-12-22-9-7-15(14)11-19(22)20(23)16-6-8-21-18-5-4-13(2)10-17(16)18/h3-6,8,10,14-15,19H,1,7,9,11-12H2,2H3. The number of benzene rings is 1. The van der Waals surface area contributed by atoms with Gasteiger partial charge < -0.3 is 0 Å². The van der Waals surface area contributed by atoms with Gasteiger partial charge in [0.2, 0.25) is 0 Å². The monoisotopic (exact) mass is 306 g/mol. The molecule has 3 aliphatic rings. The molecule has 2 aromatic rings. The molecule has 0 spiro atoms. The lowest BCUT2D eigenvalue weighted by molar-refractivity contribution is 0.0205. The number of ketones is 1. The molecule has 4 heterocycles. The second kappa shape index (κ2) is 5.57. The normalized spacial score (nSPS) is 29.6. The van der Waals surface area contributed by atoms with E-state index in [1.165, 1.54) is 6.42 Å². The number of Topliss-reactive ketones (excluding diaryl/α,β-unsaturated/α-hetero) is 1. The van der Waals surface area contributed by atoms with Gasteiger partial charge in [0.15, 0.2) is 5.78 Å². The highest BCUT2D eigenvalue weighted by Gasteiger charge is 2.42. The minimum absolute atomic E-state index is 0.0241. The largest absolute Gasteiger partial charge is 0.293 e. The van der Waals surface area contributed by atoms with Gasteiger partial charge in [0, 0.05) is 23.7 Å². The Kier molecular flexibility index (Phi) is 3.53. The molecule has 0 radical (unpaired) electrons. The summed E-state index contributed by atoms with van der Waals surface area (Å²) < 4.78 is 0. The number of aryl methyl sites for hydroxylation is 1. The molecule has 5 rings (SSSR count). The fourth-order valence-corrected chi connectivity index (χ4v) is 4.26. The van der Waals surface area contributed by atoms with Crippen molar-refractivity contribution < 1.29 is 4.79 Å². The van der Waals surface area contributed by atoms with Crippen molar-refractivity contribution in [2.24, 2.45) is 11.8 Å². The second-order valence-electron chi connectivity index (χ2n) is 6.94. The van der Waals surface area contributed by atoms with Crippen LogP contribution < -0.4 is 0 Å². The Morgan fingerprint density at radius 2 is 2.26 bits per heavy atom. The van der Waals surface area contributed by atoms with Crippen molar-refractivity contribution in [3.63, 3.8) is 0 Å². The molecule has 1 aromatic carbocycles. The first kappa shape index (κ1) is 14.6. The van der Waals surface area contributed by atoms with E-state index in [0.29, 0.717) is 11.8 Å². The van der Waals surface area contributed by atoms with Crippen LogP contribution in [-0.4, -0.2) is 34.8 Å². The number of aromatic nitrogens is 1. The van der Waals surface area contributed by atoms with E-state index in [1.54, 1.807) is 6.20 Å². The molecule has 3 fully saturated rings. The highest BCUT2D eigenvalue weighted by Crippen LogP contribution is 2.38. The number of piperidine rings is 3. The molecule has 23 heavy (non-hydrogen) atoms. The van der Waals surface area contributed by atoms with Gasteiger partial charge in [0.25, 0.3) is 0 Å². The molecule has 3 heteroatoms. The Morgan fingerprint density at radius 3 is 3.00 bits per heavy atom. The molecule has 4 atom stereocenters. The van der Waals surface area contributed by atoms with Crippen LogP contribution in [0.2, 0.25) is 0 Å². The van der Waals surface area contributed by atoms with Crippen molar-refractivity contribution in [2.75, 3.05) is 13.1 Å². The van der Waals surface area contributed by atoms with E-state index in [1.807, 2.05) is 18.2 Å². The summed E-state index contributed by atoms with van der Waals surface area (Å²) in [4.78, 5) is 20.0. The summed E-state index contributed by atoms with van der Waals surface area (Å²) in [6.07, 6.45) is 5.98. The van der Waals surface area contributed by atoms with Crippen LogP contribution in [0.5, 0.6) is 0 Å². The number of carbonyl (C=O) groups is 1. The predicted molar refractivity (Wildman–Crippen MR) is 92.6 cm³/mol. The lowest BCUT2D eigenvalue weighted by Crippen LogP contribution is -2.55. The van der Waals surface area contributed by atoms with E-state index in [2.05, 4.69) is 35.5 Å². The van der Waals surface area contributed by atoms with Crippen LogP contribution in [0.1, 0.15) is 28.8 Å². The quantitative estimate of drug-likeness (QED) is 0.641. The Balaban J connectivity index is 1.70. The topological polar surface area (TPSA) is 33.2 Å². The summed E-state index contributed by atoms with van der Waals surface area (Å²) in [7, 11) is 0. The number of rotatable bonds is 3. The zero-order valence-electron chi connectivity index (χ0n) is 13.5. The van der Waals surface area contributed by atoms with Gasteiger partial charge in [-0.3, -0.25) is 14.7 Å². The fourth-order valence-electron chi connectivity index (χ4n) is 4.26. The summed E-state index contributed by atoms with van der Waals surface area (Å²) in [5.74, 6) is 1.42. The van der Waals surface area contributed by atoms with Crippen LogP contribution >= 0.6 is 0 Å². The average molecular weight is 306 g/mol. The first-order valence-corrected chi connectivity index (χ1v) is 8.43. The Labute approximate surface area is 137 Å². The SMILES string of the molecule is C=CC1CN2CCC1CC2C(=O)c1ccnc2ccc(C)cc12. The number of hydrogen-bond acceptors (Lipinski definition) is 3. The van der Waals surface area contributed by atoms with Gasteiger partial charge in [-0.25, -0.2) is 0 Å². The zero-order valence-corrected chi connectivity index (χ0v) is 13.5. The summed E-state index contributed by atoms with van der Waals surface area (Å²) in [6, 6.07) is 8.04. The minimum atomic E-state index is 0.0241. The van der Waals surface area contributed by atoms with Gasteiger partial charge >= 0.3 is 0 Å². The third-order valence-corrected chi connectivity index (χ3v) is 5.57. The molecule has 1 aromatic heterocycles. The van der Waals surface area contributed by atoms with Gasteiger partial charge in [-0.05, 0) is 56.3 Å². The molecular formula is C20H22N2O. The lowest BCUT2D eigenvalue weighted by atomic mass is 9.74. The van der Waals surface area contributed by atoms with Crippen LogP contribution in [0.4, 0.5) is 0 Å². The van der Waals surface area contributed by atoms with Crippen molar-refractivity contribution in [1.29, 1.82) is 0 Å². The van der Waals surface area contributed by atoms with Crippen molar-refractivity contribution >= 4 is 16.7 Å². The van der Waals surface area contributed by atoms with E-state index in [9.17, 15) is 4.79 Å². The summed E-state index contributed by atoms with van der Waals surface area (Å²) >= 11 is 0. The third kappa shape index (κ3) is 2.40. The number of pyridine rings is 1. The molecule has 0 aliphatic carbocycles. The molecule has 3 nitrogen and oxygen atoms in total. The molecule has 3 aliphatic heterocycles. The van der Waals surface area contributed by atoms with E-state index in [-0.39, 0.29) is 11.8 Å². The number of carbonyl (C=O) groups excluding carboxylic acids is 1. The van der Waals surface area contributed by atoms with E-state index >= 15 is 0 Å². The number of hydrogen-bond donors (Lipinski definition) is 0. The van der Waals surface area contributed by atoms with Crippen LogP contribution in [0, 0.1) is 18.8 Å². The lowest BCUT2D eigenvalue weighted by Gasteiger charge is -2.48. The summed E-state index contributed by atoms with van der Waals surface area (Å²) in [6.45, 7) is 8.03. The molecule has 0 saturated carbocycles. The fraction of sp³-hybridized carbons (Fsp3) is 0.400. The first-order chi connectivity index (χ1) is 11.2. The molecular weight excluding hydrogens is 284 g/mol. The predicted octanol–water partition coefficient (Wildman–Crippen LogP) is 3.62. The third-order valence-electron chi connectivity index (χ3n) is 5.57. The van der Waals surface area contributed by atoms with Gasteiger partial charge in [-0.1, -0.05) is 17.7 Å². The minimum Gasteiger partial charge on any atom is -0.293 e. The zero-order chi connectivity index (χ0) is 16.0. The van der Waals surface area contributed by atoms with E-state index < -0.39 is 0 Å². The van der Waals surface area contributed by atoms with Crippen molar-refractivity contribution in [2.45, 2.75) is 25.8 Å². The van der Waals surface area contributed by atoms with Gasteiger partial charge in [0.1, 0.15) is 0 Å². The maximum atomic E-state index is 13.2. The second-order valence-corrected chi connectivity index (χ2v) is 6.94. The maximum Gasteiger partial charge on any atom is 0.180 e. The number of fused-ring (bicyclic) bond motifs is 4. The molecule has 3 saturated heterocycles. The smallest absolute Gasteiger partial charge is 0.180 e. The Bertz CT molecular complexity index is 782. The summed E-state index contributed by atoms with van der Waals surface area (Å²) in [5, 5.41) is 0.986. The van der Waals surface area contributed by atoms with Crippen LogP contribution in [0.3, 0.4) is 0 Å². The van der Waals surface area contributed by atoms with Gasteiger partial charge in [-0.15, -0.1) is 6.58 Å². The van der Waals surface area contributed by atoms with Crippen molar-refractivity contribution in [3.05, 3.63) is 54.2 Å². The average Bonchev–Trinajstić information content (AvgIpc) is 2.60. The molecule has 118 valence electrons. The Hall–Kier alpha value is -2.00. The summed E-state index contributed by atoms with van der Waals surface area (Å²) in [5.41, 5.74) is 2.89. The highest BCUT2D eigenvalue weighted by atomic mass is 16.1. The van der Waals surface area contributed by atoms with Crippen LogP contribution in [-0.2, 0) is 0 Å². The van der Waals surface area contributed by atoms with Crippen LogP contribution in [0.25, 0.3) is 10.9 Å². The van der Waals surface area contributed by atoms with E-state index in [4.69, 9.17) is 0 Å². The maximum absolute atomic E-state index is 13.2. The molecule has 4 unspecified atom stereocenters. The van der Waals surface area contributed by atoms with Crippen molar-refractivity contribution in [1.82, 2.24) is 9.88 Å². The van der Waals surface area contributed by atoms with Crippen molar-refractivity contribution in [3.8, 4) is 0 Å². The number of nitrogens with zero attached hydrogens (tertiary/aromatic N) is 2. The molecule has 0 N–H and O–H groups in total.